The van der Waals surface area contributed by atoms with E-state index in [0.717, 1.165) is 61.5 Å². The number of hydrogen-bond acceptors (Lipinski definition) is 3. The Morgan fingerprint density at radius 2 is 1.97 bits per heavy atom. The Labute approximate surface area is 210 Å². The van der Waals surface area contributed by atoms with Crippen molar-refractivity contribution >= 4 is 23.8 Å². The quantitative estimate of drug-likeness (QED) is 0.474. The van der Waals surface area contributed by atoms with E-state index in [1.54, 1.807) is 0 Å². The lowest BCUT2D eigenvalue weighted by Crippen LogP contribution is -2.42. The van der Waals surface area contributed by atoms with Crippen LogP contribution in [0.25, 0.3) is 6.08 Å². The van der Waals surface area contributed by atoms with Gasteiger partial charge in [-0.25, -0.2) is 4.79 Å². The summed E-state index contributed by atoms with van der Waals surface area (Å²) in [4.78, 5) is 14.4. The zero-order valence-corrected chi connectivity index (χ0v) is 21.8. The Morgan fingerprint density at radius 3 is 2.65 bits per heavy atom. The molecule has 2 aliphatic heterocycles. The van der Waals surface area contributed by atoms with Crippen LogP contribution in [0.2, 0.25) is 5.02 Å². The van der Waals surface area contributed by atoms with Crippen molar-refractivity contribution in [2.75, 3.05) is 19.6 Å². The molecule has 184 valence electrons. The van der Waals surface area contributed by atoms with E-state index in [9.17, 15) is 4.79 Å². The lowest BCUT2D eigenvalue weighted by atomic mass is 9.76. The predicted octanol–water partition coefficient (Wildman–Crippen LogP) is 7.48. The number of rotatable bonds is 2. The number of halogens is 1. The number of carbonyl (C=O) groups is 1. The Hall–Kier alpha value is -2.46. The standard InChI is InChI=1S/C29H39ClN2O2/c1-6-22-19-24-20-25(30)10-11-26(24)27(12-16-31-15-8-7-9-21(22)2)23-13-17-32(18-14-23)28(33)34-29(3,4)5/h6,8-11,15,19-20,23,27,31H,1,7,12-14,16-18H2,2-5H3/b15-8-,21-9+,22-19-. The average Bonchev–Trinajstić information content (AvgIpc) is 2.79. The van der Waals surface area contributed by atoms with Crippen molar-refractivity contribution in [3.05, 3.63) is 76.5 Å². The molecule has 3 rings (SSSR count). The Balaban J connectivity index is 1.90. The maximum Gasteiger partial charge on any atom is 0.410 e. The molecule has 1 N–H and O–H groups in total. The summed E-state index contributed by atoms with van der Waals surface area (Å²) in [6.45, 7) is 14.3. The molecule has 0 aromatic heterocycles. The van der Waals surface area contributed by atoms with Gasteiger partial charge < -0.3 is 15.0 Å². The van der Waals surface area contributed by atoms with Crippen LogP contribution in [-0.2, 0) is 4.74 Å². The number of nitrogens with zero attached hydrogens (tertiary/aromatic N) is 1. The molecule has 1 saturated heterocycles. The Kier molecular flexibility index (Phi) is 9.07. The van der Waals surface area contributed by atoms with Crippen LogP contribution in [-0.4, -0.2) is 36.2 Å². The third kappa shape index (κ3) is 7.27. The number of allylic oxidation sites excluding steroid dienone is 5. The number of piperidine rings is 1. The third-order valence-corrected chi connectivity index (χ3v) is 6.83. The molecule has 2 heterocycles. The molecule has 0 spiro atoms. The van der Waals surface area contributed by atoms with E-state index < -0.39 is 5.60 Å². The minimum absolute atomic E-state index is 0.208. The first kappa shape index (κ1) is 26.2. The monoisotopic (exact) mass is 482 g/mol. The fourth-order valence-electron chi connectivity index (χ4n) is 4.80. The lowest BCUT2D eigenvalue weighted by Gasteiger charge is -2.37. The van der Waals surface area contributed by atoms with Crippen molar-refractivity contribution in [1.82, 2.24) is 10.2 Å². The van der Waals surface area contributed by atoms with Gasteiger partial charge in [-0.1, -0.05) is 42.5 Å². The molecule has 1 unspecified atom stereocenters. The van der Waals surface area contributed by atoms with Crippen LogP contribution in [0.5, 0.6) is 0 Å². The maximum absolute atomic E-state index is 12.6. The molecule has 1 aromatic carbocycles. The van der Waals surface area contributed by atoms with Crippen LogP contribution in [0.4, 0.5) is 4.79 Å². The van der Waals surface area contributed by atoms with E-state index in [1.807, 2.05) is 37.8 Å². The normalized spacial score (nSPS) is 24.5. The van der Waals surface area contributed by atoms with E-state index >= 15 is 0 Å². The van der Waals surface area contributed by atoms with Crippen LogP contribution >= 0.6 is 11.6 Å². The molecule has 1 fully saturated rings. The zero-order valence-electron chi connectivity index (χ0n) is 21.1. The molecule has 1 atom stereocenters. The van der Waals surface area contributed by atoms with Crippen LogP contribution in [0.3, 0.4) is 0 Å². The van der Waals surface area contributed by atoms with Crippen molar-refractivity contribution in [2.45, 2.75) is 64.9 Å². The molecular formula is C29H39ClN2O2. The van der Waals surface area contributed by atoms with Crippen LogP contribution in [0.1, 0.15) is 70.4 Å². The van der Waals surface area contributed by atoms with Gasteiger partial charge in [-0.2, -0.15) is 0 Å². The summed E-state index contributed by atoms with van der Waals surface area (Å²) in [6.07, 6.45) is 14.2. The molecule has 0 saturated carbocycles. The van der Waals surface area contributed by atoms with Crippen LogP contribution < -0.4 is 5.32 Å². The minimum atomic E-state index is -0.473. The highest BCUT2D eigenvalue weighted by Crippen LogP contribution is 2.39. The molecular weight excluding hydrogens is 444 g/mol. The van der Waals surface area contributed by atoms with Gasteiger partial charge in [0.05, 0.1) is 0 Å². The predicted molar refractivity (Wildman–Crippen MR) is 143 cm³/mol. The summed E-state index contributed by atoms with van der Waals surface area (Å²) in [5.74, 6) is 0.841. The Bertz CT molecular complexity index is 963. The summed E-state index contributed by atoms with van der Waals surface area (Å²) >= 11 is 6.45. The number of amides is 1. The first-order valence-corrected chi connectivity index (χ1v) is 12.7. The van der Waals surface area contributed by atoms with E-state index in [4.69, 9.17) is 16.3 Å². The SMILES string of the molecule is C=CC1=C/c2cc(Cl)ccc2C(C2CCN(C(=O)OC(C)(C)C)CC2)CCN/C=C\C\C=C\1C. The number of likely N-dealkylation sites (tertiary alicyclic amines) is 1. The Morgan fingerprint density at radius 1 is 1.24 bits per heavy atom. The second-order valence-electron chi connectivity index (χ2n) is 10.3. The molecule has 2 aliphatic rings. The van der Waals surface area contributed by atoms with Gasteiger partial charge in [0.1, 0.15) is 5.60 Å². The van der Waals surface area contributed by atoms with Gasteiger partial charge in [0.15, 0.2) is 0 Å². The highest BCUT2D eigenvalue weighted by Gasteiger charge is 2.32. The first-order chi connectivity index (χ1) is 16.2. The summed E-state index contributed by atoms with van der Waals surface area (Å²) < 4.78 is 5.60. The smallest absolute Gasteiger partial charge is 0.410 e. The second kappa shape index (κ2) is 11.8. The first-order valence-electron chi connectivity index (χ1n) is 12.3. The number of fused-ring (bicyclic) bond motifs is 1. The molecule has 1 aromatic rings. The largest absolute Gasteiger partial charge is 0.444 e. The van der Waals surface area contributed by atoms with Crippen molar-refractivity contribution < 1.29 is 9.53 Å². The van der Waals surface area contributed by atoms with Crippen molar-refractivity contribution in [1.29, 1.82) is 0 Å². The lowest BCUT2D eigenvalue weighted by molar-refractivity contribution is 0.0172. The van der Waals surface area contributed by atoms with Gasteiger partial charge in [0.2, 0.25) is 0 Å². The highest BCUT2D eigenvalue weighted by molar-refractivity contribution is 6.30. The summed E-state index contributed by atoms with van der Waals surface area (Å²) in [5.41, 5.74) is 4.31. The zero-order chi connectivity index (χ0) is 24.7. The van der Waals surface area contributed by atoms with Gasteiger partial charge in [-0.15, -0.1) is 0 Å². The summed E-state index contributed by atoms with van der Waals surface area (Å²) in [7, 11) is 0. The second-order valence-corrected chi connectivity index (χ2v) is 10.7. The molecule has 34 heavy (non-hydrogen) atoms. The minimum Gasteiger partial charge on any atom is -0.444 e. The molecule has 5 heteroatoms. The van der Waals surface area contributed by atoms with E-state index in [1.165, 1.54) is 11.1 Å². The van der Waals surface area contributed by atoms with Gasteiger partial charge >= 0.3 is 6.09 Å². The van der Waals surface area contributed by atoms with Gasteiger partial charge in [0.25, 0.3) is 0 Å². The van der Waals surface area contributed by atoms with E-state index in [2.05, 4.69) is 55.4 Å². The molecule has 4 nitrogen and oxygen atoms in total. The molecule has 0 radical (unpaired) electrons. The highest BCUT2D eigenvalue weighted by atomic mass is 35.5. The topological polar surface area (TPSA) is 41.6 Å². The number of ether oxygens (including phenoxy) is 1. The van der Waals surface area contributed by atoms with Crippen molar-refractivity contribution in [2.24, 2.45) is 5.92 Å². The summed E-state index contributed by atoms with van der Waals surface area (Å²) in [5, 5.41) is 4.21. The number of hydrogen-bond donors (Lipinski definition) is 1. The number of benzene rings is 1. The maximum atomic E-state index is 12.6. The fraction of sp³-hybridized carbons (Fsp3) is 0.483. The van der Waals surface area contributed by atoms with Crippen LogP contribution in [0, 0.1) is 5.92 Å². The third-order valence-electron chi connectivity index (χ3n) is 6.59. The number of nitrogens with one attached hydrogen (secondary N) is 1. The molecule has 1 amide bonds. The molecule has 0 bridgehead atoms. The van der Waals surface area contributed by atoms with Gasteiger partial charge in [-0.05, 0) is 112 Å². The van der Waals surface area contributed by atoms with Crippen molar-refractivity contribution in [3.63, 3.8) is 0 Å². The van der Waals surface area contributed by atoms with E-state index in [-0.39, 0.29) is 6.09 Å². The average molecular weight is 483 g/mol. The van der Waals surface area contributed by atoms with Gasteiger partial charge in [-0.3, -0.25) is 0 Å². The molecule has 0 aliphatic carbocycles. The number of carbonyl (C=O) groups excluding carboxylic acids is 1. The van der Waals surface area contributed by atoms with Crippen molar-refractivity contribution in [3.8, 4) is 0 Å². The van der Waals surface area contributed by atoms with Crippen LogP contribution in [0.15, 0.2) is 60.4 Å². The van der Waals surface area contributed by atoms with E-state index in [0.29, 0.717) is 11.8 Å². The van der Waals surface area contributed by atoms with Gasteiger partial charge in [0, 0.05) is 24.7 Å². The fourth-order valence-corrected chi connectivity index (χ4v) is 4.98. The summed E-state index contributed by atoms with van der Waals surface area (Å²) in [6, 6.07) is 6.26.